The predicted octanol–water partition coefficient (Wildman–Crippen LogP) is 5.17. The number of hydrogen-bond acceptors (Lipinski definition) is 7. The van der Waals surface area contributed by atoms with Gasteiger partial charge in [0.1, 0.15) is 0 Å². The van der Waals surface area contributed by atoms with Crippen LogP contribution < -0.4 is 0 Å². The number of aliphatic hydroxyl groups is 1. The maximum Gasteiger partial charge on any atom is 0.414 e. The lowest BCUT2D eigenvalue weighted by Gasteiger charge is -2.40. The van der Waals surface area contributed by atoms with Gasteiger partial charge >= 0.3 is 6.09 Å². The van der Waals surface area contributed by atoms with E-state index >= 15 is 0 Å². The molecule has 46 heavy (non-hydrogen) atoms. The van der Waals surface area contributed by atoms with Gasteiger partial charge < -0.3 is 19.6 Å². The number of carbonyl (C=O) groups is 1. The molecule has 0 saturated carbocycles. The van der Waals surface area contributed by atoms with Crippen LogP contribution in [-0.4, -0.2) is 95.1 Å². The fourth-order valence-corrected chi connectivity index (χ4v) is 8.36. The molecule has 1 atom stereocenters. The van der Waals surface area contributed by atoms with E-state index in [0.717, 1.165) is 91.4 Å². The first-order chi connectivity index (χ1) is 21.8. The van der Waals surface area contributed by atoms with E-state index in [1.165, 1.54) is 10.6 Å². The number of nitrogens with zero attached hydrogens (tertiary/aromatic N) is 5. The van der Waals surface area contributed by atoms with Crippen LogP contribution in [0.1, 0.15) is 63.3 Å². The second-order valence-corrected chi connectivity index (χ2v) is 16.3. The van der Waals surface area contributed by atoms with Gasteiger partial charge in [-0.25, -0.2) is 13.2 Å². The number of β-amino-alcohol motifs (C(OH)–C–C–N with tert-alkyl or cyclic N) is 1. The van der Waals surface area contributed by atoms with Gasteiger partial charge in [0.25, 0.3) is 0 Å². The maximum atomic E-state index is 12.5. The van der Waals surface area contributed by atoms with Gasteiger partial charge in [-0.05, 0) is 87.6 Å². The monoisotopic (exact) mass is 675 g/mol. The Kier molecular flexibility index (Phi) is 11.2. The molecule has 0 spiro atoms. The number of ether oxygens (including phenoxy) is 1. The fourth-order valence-electron chi connectivity index (χ4n) is 7.38. The highest BCUT2D eigenvalue weighted by Crippen LogP contribution is 2.35. The molecule has 2 aromatic rings. The molecule has 2 fully saturated rings. The van der Waals surface area contributed by atoms with E-state index in [2.05, 4.69) is 31.4 Å². The summed E-state index contributed by atoms with van der Waals surface area (Å²) in [6.07, 6.45) is 5.90. The third-order valence-corrected chi connectivity index (χ3v) is 11.3. The van der Waals surface area contributed by atoms with Gasteiger partial charge in [0.05, 0.1) is 30.4 Å². The summed E-state index contributed by atoms with van der Waals surface area (Å²) in [4.78, 5) is 16.3. The minimum Gasteiger partial charge on any atom is -0.416 e. The Morgan fingerprint density at radius 3 is 2.35 bits per heavy atom. The normalized spacial score (nSPS) is 19.8. The molecule has 12 heteroatoms. The first-order valence-corrected chi connectivity index (χ1v) is 18.9. The number of likely N-dealkylation sites (tertiary alicyclic amines) is 2. The average Bonchev–Trinajstić information content (AvgIpc) is 3.35. The highest BCUT2D eigenvalue weighted by atomic mass is 35.5. The largest absolute Gasteiger partial charge is 0.416 e. The second kappa shape index (κ2) is 14.8. The van der Waals surface area contributed by atoms with Gasteiger partial charge in [-0.2, -0.15) is 9.40 Å². The summed E-state index contributed by atoms with van der Waals surface area (Å²) >= 11 is 6.53. The molecule has 5 rings (SSSR count). The van der Waals surface area contributed by atoms with Crippen LogP contribution in [0.2, 0.25) is 5.02 Å². The standard InChI is InChI=1S/C34H50ClN5O5S/c1-23(2)18-28-19-27(6-7-31(28)35)33-30-22-39(46(5,43)44)17-12-32(30)40(36-33)21-29(41)20-37-13-8-25(9-14-37)26-10-15-38(16-11-26)34(42)45-24(3)4/h6-7,19,23,25-26,29,41H,3,8-18,20-22H2,1-2,4-5H3/t29-/m0/s1. The minimum atomic E-state index is -3.36. The lowest BCUT2D eigenvalue weighted by molar-refractivity contribution is 0.0540. The van der Waals surface area contributed by atoms with Crippen molar-refractivity contribution in [1.29, 1.82) is 0 Å². The van der Waals surface area contributed by atoms with Crippen molar-refractivity contribution < 1.29 is 23.1 Å². The van der Waals surface area contributed by atoms with E-state index in [1.54, 1.807) is 11.8 Å². The zero-order chi connectivity index (χ0) is 33.2. The lowest BCUT2D eigenvalue weighted by atomic mass is 9.79. The molecular formula is C34H50ClN5O5S. The first kappa shape index (κ1) is 34.9. The molecule has 1 N–H and O–H groups in total. The van der Waals surface area contributed by atoms with Crippen LogP contribution >= 0.6 is 11.6 Å². The Morgan fingerprint density at radius 2 is 1.74 bits per heavy atom. The number of piperidine rings is 2. The SMILES string of the molecule is C=C(C)OC(=O)N1CCC(C2CCN(C[C@H](O)Cn3nc(-c4ccc(Cl)c(CC(C)C)c4)c4c3CCN(S(C)(=O)=O)C4)CC2)CC1. The van der Waals surface area contributed by atoms with Gasteiger partial charge in [0.15, 0.2) is 0 Å². The van der Waals surface area contributed by atoms with Crippen molar-refractivity contribution in [2.24, 2.45) is 17.8 Å². The molecule has 10 nitrogen and oxygen atoms in total. The summed E-state index contributed by atoms with van der Waals surface area (Å²) in [5.74, 6) is 2.10. The zero-order valence-electron chi connectivity index (χ0n) is 27.8. The minimum absolute atomic E-state index is 0.267. The Hall–Kier alpha value is -2.44. The number of allylic oxidation sites excluding steroid dienone is 1. The van der Waals surface area contributed by atoms with Crippen LogP contribution in [0.15, 0.2) is 30.5 Å². The molecule has 2 saturated heterocycles. The molecule has 0 unspecified atom stereocenters. The van der Waals surface area contributed by atoms with Crippen molar-refractivity contribution in [3.8, 4) is 11.3 Å². The van der Waals surface area contributed by atoms with Crippen molar-refractivity contribution in [2.45, 2.75) is 78.5 Å². The summed E-state index contributed by atoms with van der Waals surface area (Å²) < 4.78 is 33.6. The average molecular weight is 676 g/mol. The smallest absolute Gasteiger partial charge is 0.414 e. The fraction of sp³-hybridized carbons (Fsp3) is 0.647. The second-order valence-electron chi connectivity index (χ2n) is 13.9. The Bertz CT molecular complexity index is 1510. The van der Waals surface area contributed by atoms with Crippen molar-refractivity contribution in [1.82, 2.24) is 23.9 Å². The van der Waals surface area contributed by atoms with Crippen LogP contribution in [0.5, 0.6) is 0 Å². The highest BCUT2D eigenvalue weighted by Gasteiger charge is 2.33. The van der Waals surface area contributed by atoms with Crippen LogP contribution in [-0.2, 0) is 40.7 Å². The van der Waals surface area contributed by atoms with E-state index in [9.17, 15) is 18.3 Å². The quantitative estimate of drug-likeness (QED) is 0.346. The number of rotatable bonds is 10. The molecule has 254 valence electrons. The van der Waals surface area contributed by atoms with Crippen LogP contribution in [0.3, 0.4) is 0 Å². The van der Waals surface area contributed by atoms with E-state index < -0.39 is 16.1 Å². The molecule has 0 aliphatic carbocycles. The number of sulfonamides is 1. The van der Waals surface area contributed by atoms with Crippen LogP contribution in [0.25, 0.3) is 11.3 Å². The Morgan fingerprint density at radius 1 is 1.09 bits per heavy atom. The molecule has 3 aliphatic heterocycles. The van der Waals surface area contributed by atoms with Gasteiger partial charge in [-0.15, -0.1) is 0 Å². The summed E-state index contributed by atoms with van der Waals surface area (Å²) in [6, 6.07) is 5.93. The van der Waals surface area contributed by atoms with E-state index in [1.807, 2.05) is 16.8 Å². The number of hydrogen-bond donors (Lipinski definition) is 1. The van der Waals surface area contributed by atoms with E-state index in [4.69, 9.17) is 21.4 Å². The molecule has 1 aromatic heterocycles. The summed E-state index contributed by atoms with van der Waals surface area (Å²) in [5.41, 5.74) is 4.62. The third-order valence-electron chi connectivity index (χ3n) is 9.73. The van der Waals surface area contributed by atoms with Crippen LogP contribution in [0.4, 0.5) is 4.79 Å². The number of benzene rings is 1. The summed E-state index contributed by atoms with van der Waals surface area (Å²) in [7, 11) is -3.36. The maximum absolute atomic E-state index is 12.5. The third kappa shape index (κ3) is 8.52. The van der Waals surface area contributed by atoms with Gasteiger partial charge in [-0.3, -0.25) is 4.68 Å². The van der Waals surface area contributed by atoms with Crippen molar-refractivity contribution in [3.63, 3.8) is 0 Å². The molecule has 0 radical (unpaired) electrons. The molecule has 0 bridgehead atoms. The molecule has 4 heterocycles. The molecule has 3 aliphatic rings. The highest BCUT2D eigenvalue weighted by molar-refractivity contribution is 7.88. The van der Waals surface area contributed by atoms with Gasteiger partial charge in [-0.1, -0.05) is 38.1 Å². The summed E-state index contributed by atoms with van der Waals surface area (Å²) in [5, 5.41) is 17.0. The van der Waals surface area contributed by atoms with Crippen molar-refractivity contribution in [2.75, 3.05) is 45.5 Å². The number of aromatic nitrogens is 2. The number of carbonyl (C=O) groups excluding carboxylic acids is 1. The van der Waals surface area contributed by atoms with Crippen molar-refractivity contribution >= 4 is 27.7 Å². The van der Waals surface area contributed by atoms with Gasteiger partial charge in [0, 0.05) is 61.0 Å². The van der Waals surface area contributed by atoms with Gasteiger partial charge in [0.2, 0.25) is 10.0 Å². The van der Waals surface area contributed by atoms with E-state index in [0.29, 0.717) is 49.6 Å². The Balaban J connectivity index is 1.22. The number of halogens is 1. The molecule has 1 aromatic carbocycles. The molecular weight excluding hydrogens is 626 g/mol. The zero-order valence-corrected chi connectivity index (χ0v) is 29.3. The molecule has 1 amide bonds. The van der Waals surface area contributed by atoms with Crippen molar-refractivity contribution in [3.05, 3.63) is 52.4 Å². The number of amides is 1. The van der Waals surface area contributed by atoms with Crippen LogP contribution in [0, 0.1) is 17.8 Å². The number of aliphatic hydroxyl groups excluding tert-OH is 1. The topological polar surface area (TPSA) is 108 Å². The predicted molar refractivity (Wildman–Crippen MR) is 181 cm³/mol. The lowest BCUT2D eigenvalue weighted by Crippen LogP contribution is -2.44. The van der Waals surface area contributed by atoms with E-state index in [-0.39, 0.29) is 12.6 Å². The first-order valence-electron chi connectivity index (χ1n) is 16.6. The number of fused-ring (bicyclic) bond motifs is 1. The Labute approximate surface area is 279 Å². The summed E-state index contributed by atoms with van der Waals surface area (Å²) in [6.45, 7) is 14.6.